The fourth-order valence-electron chi connectivity index (χ4n) is 4.09. The molecule has 2 aromatic carbocycles. The lowest BCUT2D eigenvalue weighted by Crippen LogP contribution is -2.67. The van der Waals surface area contributed by atoms with Gasteiger partial charge in [0.2, 0.25) is 5.91 Å². The van der Waals surface area contributed by atoms with E-state index in [1.807, 2.05) is 60.7 Å². The zero-order valence-corrected chi connectivity index (χ0v) is 19.0. The molecule has 2 fully saturated rings. The number of aliphatic carboxylic acids is 1. The fraction of sp³-hybridized carbons (Fsp3) is 0.440. The molecule has 0 radical (unpaired) electrons. The minimum absolute atomic E-state index is 0.184. The van der Waals surface area contributed by atoms with E-state index in [1.54, 1.807) is 0 Å². The Morgan fingerprint density at radius 3 is 2.41 bits per heavy atom. The van der Waals surface area contributed by atoms with Crippen molar-refractivity contribution < 1.29 is 38.4 Å². The third-order valence-electron chi connectivity index (χ3n) is 5.75. The summed E-state index contributed by atoms with van der Waals surface area (Å²) in [5, 5.41) is 12.3. The molecule has 2 N–H and O–H groups in total. The van der Waals surface area contributed by atoms with Crippen LogP contribution in [0.3, 0.4) is 0 Å². The van der Waals surface area contributed by atoms with Crippen LogP contribution in [-0.4, -0.2) is 60.3 Å². The molecule has 7 atom stereocenters. The summed E-state index contributed by atoms with van der Waals surface area (Å²) < 4.78 is 30.3. The maximum atomic E-state index is 12.1. The molecule has 2 saturated heterocycles. The lowest BCUT2D eigenvalue weighted by atomic mass is 9.95. The number of hydrogen-bond donors (Lipinski definition) is 2. The molecule has 0 aromatic heterocycles. The zero-order chi connectivity index (χ0) is 24.1. The van der Waals surface area contributed by atoms with Gasteiger partial charge in [-0.15, -0.1) is 0 Å². The van der Waals surface area contributed by atoms with Crippen LogP contribution >= 0.6 is 0 Å². The van der Waals surface area contributed by atoms with Crippen LogP contribution in [-0.2, 0) is 39.9 Å². The number of carboxylic acid groups (broad SMARTS) is 1. The van der Waals surface area contributed by atoms with Crippen molar-refractivity contribution in [3.8, 4) is 0 Å². The van der Waals surface area contributed by atoms with Crippen LogP contribution in [0.4, 0.5) is 0 Å². The second-order valence-electron chi connectivity index (χ2n) is 8.32. The van der Waals surface area contributed by atoms with Gasteiger partial charge in [0.15, 0.2) is 18.7 Å². The third-order valence-corrected chi connectivity index (χ3v) is 5.75. The number of nitrogens with one attached hydrogen (secondary N) is 1. The summed E-state index contributed by atoms with van der Waals surface area (Å²) in [5.74, 6) is -1.46. The van der Waals surface area contributed by atoms with Crippen molar-refractivity contribution >= 4 is 11.9 Å². The van der Waals surface area contributed by atoms with Gasteiger partial charge in [-0.3, -0.25) is 4.79 Å². The van der Waals surface area contributed by atoms with E-state index in [4.69, 9.17) is 23.7 Å². The first kappa shape index (κ1) is 24.3. The highest BCUT2D eigenvalue weighted by Gasteiger charge is 2.52. The molecule has 1 amide bonds. The summed E-state index contributed by atoms with van der Waals surface area (Å²) in [4.78, 5) is 23.7. The quantitative estimate of drug-likeness (QED) is 0.604. The van der Waals surface area contributed by atoms with Crippen LogP contribution in [0.25, 0.3) is 0 Å². The van der Waals surface area contributed by atoms with E-state index < -0.39 is 49.0 Å². The van der Waals surface area contributed by atoms with Crippen LogP contribution in [0.1, 0.15) is 31.3 Å². The predicted octanol–water partition coefficient (Wildman–Crippen LogP) is 2.41. The molecule has 2 aliphatic rings. The smallest absolute Gasteiger partial charge is 0.332 e. The van der Waals surface area contributed by atoms with Crippen molar-refractivity contribution in [3.63, 3.8) is 0 Å². The molecule has 2 heterocycles. The van der Waals surface area contributed by atoms with E-state index in [1.165, 1.54) is 13.8 Å². The van der Waals surface area contributed by atoms with E-state index in [0.717, 1.165) is 11.1 Å². The van der Waals surface area contributed by atoms with Crippen molar-refractivity contribution in [2.75, 3.05) is 6.61 Å². The molecule has 9 heteroatoms. The van der Waals surface area contributed by atoms with Crippen molar-refractivity contribution in [2.24, 2.45) is 0 Å². The van der Waals surface area contributed by atoms with E-state index in [2.05, 4.69) is 5.32 Å². The van der Waals surface area contributed by atoms with E-state index in [9.17, 15) is 14.7 Å². The summed E-state index contributed by atoms with van der Waals surface area (Å²) in [6, 6.07) is 18.1. The summed E-state index contributed by atoms with van der Waals surface area (Å²) in [6.45, 7) is 3.22. The van der Waals surface area contributed by atoms with Gasteiger partial charge in [-0.1, -0.05) is 60.7 Å². The van der Waals surface area contributed by atoms with E-state index in [-0.39, 0.29) is 19.1 Å². The number of fused-ring (bicyclic) bond motifs is 1. The summed E-state index contributed by atoms with van der Waals surface area (Å²) in [6.07, 6.45) is -4.87. The number of hydrogen-bond acceptors (Lipinski definition) is 7. The Morgan fingerprint density at radius 1 is 1.09 bits per heavy atom. The highest BCUT2D eigenvalue weighted by atomic mass is 16.8. The number of amides is 1. The Kier molecular flexibility index (Phi) is 7.91. The van der Waals surface area contributed by atoms with Crippen LogP contribution < -0.4 is 5.32 Å². The largest absolute Gasteiger partial charge is 0.479 e. The van der Waals surface area contributed by atoms with Gasteiger partial charge in [0.25, 0.3) is 0 Å². The first-order chi connectivity index (χ1) is 16.4. The Labute approximate surface area is 197 Å². The zero-order valence-electron chi connectivity index (χ0n) is 19.0. The van der Waals surface area contributed by atoms with Crippen molar-refractivity contribution in [1.82, 2.24) is 5.32 Å². The summed E-state index contributed by atoms with van der Waals surface area (Å²) in [7, 11) is 0. The predicted molar refractivity (Wildman–Crippen MR) is 119 cm³/mol. The monoisotopic (exact) mass is 471 g/mol. The Morgan fingerprint density at radius 2 is 1.76 bits per heavy atom. The molecule has 2 aromatic rings. The van der Waals surface area contributed by atoms with Gasteiger partial charge in [0.1, 0.15) is 24.4 Å². The Balaban J connectivity index is 1.59. The first-order valence-electron chi connectivity index (χ1n) is 11.2. The minimum atomic E-state index is -1.14. The third kappa shape index (κ3) is 5.81. The average Bonchev–Trinajstić information content (AvgIpc) is 2.84. The summed E-state index contributed by atoms with van der Waals surface area (Å²) >= 11 is 0. The standard InChI is InChI=1S/C25H29NO8/c1-15(23(28)29)32-22-20(26-16(2)27)25(30-13-17-9-5-3-6-10-17)33-19-14-31-24(34-21(19)22)18-11-7-4-8-12-18/h3-12,15,19-22,24-25H,13-14H2,1-2H3,(H,26,27)(H,28,29)/t15?,19-,20-,21-,22+,24?,25+/m1/s1. The van der Waals surface area contributed by atoms with Gasteiger partial charge in [0, 0.05) is 12.5 Å². The maximum absolute atomic E-state index is 12.1. The van der Waals surface area contributed by atoms with Gasteiger partial charge in [-0.2, -0.15) is 0 Å². The molecule has 0 spiro atoms. The molecular formula is C25H29NO8. The maximum Gasteiger partial charge on any atom is 0.332 e. The molecular weight excluding hydrogens is 442 g/mol. The second-order valence-corrected chi connectivity index (χ2v) is 8.32. The SMILES string of the molecule is CC(=O)N[C@H]1[C@@H](OCc2ccccc2)O[C@@H]2COC(c3ccccc3)O[C@H]2[C@H]1OC(C)C(=O)O. The Bertz CT molecular complexity index is 956. The lowest BCUT2D eigenvalue weighted by Gasteiger charge is -2.49. The second kappa shape index (κ2) is 11.1. The summed E-state index contributed by atoms with van der Waals surface area (Å²) in [5.41, 5.74) is 1.73. The van der Waals surface area contributed by atoms with Crippen LogP contribution in [0.15, 0.2) is 60.7 Å². The number of carboxylic acids is 1. The highest BCUT2D eigenvalue weighted by Crippen LogP contribution is 2.36. The molecule has 0 saturated carbocycles. The molecule has 34 heavy (non-hydrogen) atoms. The number of carbonyl (C=O) groups is 2. The fourth-order valence-corrected chi connectivity index (χ4v) is 4.09. The van der Waals surface area contributed by atoms with Crippen LogP contribution in [0.2, 0.25) is 0 Å². The topological polar surface area (TPSA) is 113 Å². The van der Waals surface area contributed by atoms with E-state index in [0.29, 0.717) is 0 Å². The molecule has 2 aliphatic heterocycles. The van der Waals surface area contributed by atoms with E-state index >= 15 is 0 Å². The van der Waals surface area contributed by atoms with Crippen LogP contribution in [0, 0.1) is 0 Å². The molecule has 2 unspecified atom stereocenters. The number of carbonyl (C=O) groups excluding carboxylic acids is 1. The van der Waals surface area contributed by atoms with Gasteiger partial charge in [-0.05, 0) is 12.5 Å². The van der Waals surface area contributed by atoms with Gasteiger partial charge in [0.05, 0.1) is 13.2 Å². The molecule has 0 aliphatic carbocycles. The normalized spacial score (nSPS) is 29.6. The van der Waals surface area contributed by atoms with Crippen LogP contribution in [0.5, 0.6) is 0 Å². The Hall–Kier alpha value is -2.82. The highest BCUT2D eigenvalue weighted by molar-refractivity contribution is 5.73. The van der Waals surface area contributed by atoms with Crippen molar-refractivity contribution in [3.05, 3.63) is 71.8 Å². The van der Waals surface area contributed by atoms with Gasteiger partial charge in [-0.25, -0.2) is 4.79 Å². The van der Waals surface area contributed by atoms with Gasteiger partial charge >= 0.3 is 5.97 Å². The number of benzene rings is 2. The van der Waals surface area contributed by atoms with Gasteiger partial charge < -0.3 is 34.1 Å². The minimum Gasteiger partial charge on any atom is -0.479 e. The number of rotatable bonds is 8. The first-order valence-corrected chi connectivity index (χ1v) is 11.2. The lowest BCUT2D eigenvalue weighted by molar-refractivity contribution is -0.351. The molecule has 4 rings (SSSR count). The number of ether oxygens (including phenoxy) is 5. The average molecular weight is 472 g/mol. The van der Waals surface area contributed by atoms with Crippen molar-refractivity contribution in [1.29, 1.82) is 0 Å². The molecule has 182 valence electrons. The molecule has 0 bridgehead atoms. The molecule has 9 nitrogen and oxygen atoms in total. The van der Waals surface area contributed by atoms with Crippen molar-refractivity contribution in [2.45, 2.75) is 63.5 Å².